The Hall–Kier alpha value is -1.06. The third-order valence-corrected chi connectivity index (χ3v) is 4.43. The van der Waals surface area contributed by atoms with Crippen LogP contribution in [-0.4, -0.2) is 12.1 Å². The van der Waals surface area contributed by atoms with Crippen LogP contribution in [0.5, 0.6) is 0 Å². The van der Waals surface area contributed by atoms with Crippen LogP contribution in [0.25, 0.3) is 0 Å². The molecule has 1 amide bonds. The normalized spacial score (nSPS) is 11.1. The summed E-state index contributed by atoms with van der Waals surface area (Å²) in [7, 11) is 0. The fourth-order valence-electron chi connectivity index (χ4n) is 2.43. The Kier molecular flexibility index (Phi) is 11.6. The number of nitrogens with one attached hydrogen (secondary N) is 1. The van der Waals surface area contributed by atoms with Crippen molar-refractivity contribution in [3.63, 3.8) is 0 Å². The van der Waals surface area contributed by atoms with Crippen molar-refractivity contribution < 1.29 is 4.79 Å². The van der Waals surface area contributed by atoms with E-state index < -0.39 is 0 Å². The second-order valence-electron chi connectivity index (χ2n) is 6.04. The molecule has 1 N–H and O–H groups in total. The van der Waals surface area contributed by atoms with Crippen molar-refractivity contribution >= 4 is 35.3 Å². The smallest absolute Gasteiger partial charge is 0.240 e. The molecule has 1 aromatic carbocycles. The van der Waals surface area contributed by atoms with Crippen molar-refractivity contribution in [2.75, 3.05) is 0 Å². The van der Waals surface area contributed by atoms with Gasteiger partial charge >= 0.3 is 0 Å². The molecule has 0 saturated carbocycles. The molecule has 0 spiro atoms. The Balaban J connectivity index is 2.07. The van der Waals surface area contributed by atoms with Crippen LogP contribution in [0.3, 0.4) is 0 Å². The molecule has 5 heteroatoms. The van der Waals surface area contributed by atoms with E-state index in [4.69, 9.17) is 23.2 Å². The van der Waals surface area contributed by atoms with Crippen molar-refractivity contribution in [3.05, 3.63) is 33.8 Å². The Morgan fingerprint density at radius 1 is 1.04 bits per heavy atom. The molecule has 1 aromatic rings. The highest BCUT2D eigenvalue weighted by atomic mass is 35.5. The number of nitrogens with zero attached hydrogens (tertiary/aromatic N) is 1. The first-order valence-electron chi connectivity index (χ1n) is 8.90. The van der Waals surface area contributed by atoms with E-state index in [-0.39, 0.29) is 5.91 Å². The van der Waals surface area contributed by atoms with E-state index in [1.54, 1.807) is 18.2 Å². The molecule has 0 bridgehead atoms. The average molecular weight is 371 g/mol. The Labute approximate surface area is 155 Å². The first kappa shape index (κ1) is 21.0. The maximum Gasteiger partial charge on any atom is 0.240 e. The van der Waals surface area contributed by atoms with Gasteiger partial charge in [-0.3, -0.25) is 4.79 Å². The summed E-state index contributed by atoms with van der Waals surface area (Å²) in [6.07, 6.45) is 13.2. The molecule has 3 nitrogen and oxygen atoms in total. The maximum atomic E-state index is 11.7. The van der Waals surface area contributed by atoms with Gasteiger partial charge in [0.05, 0.1) is 11.2 Å². The zero-order valence-electron chi connectivity index (χ0n) is 14.5. The Bertz CT molecular complexity index is 518. The fourth-order valence-corrected chi connectivity index (χ4v) is 2.89. The van der Waals surface area contributed by atoms with Crippen molar-refractivity contribution in [1.82, 2.24) is 5.43 Å². The van der Waals surface area contributed by atoms with Crippen molar-refractivity contribution in [1.29, 1.82) is 0 Å². The highest BCUT2D eigenvalue weighted by molar-refractivity contribution is 6.36. The molecule has 0 radical (unpaired) electrons. The van der Waals surface area contributed by atoms with Crippen molar-refractivity contribution in [2.24, 2.45) is 5.10 Å². The van der Waals surface area contributed by atoms with Gasteiger partial charge in [-0.15, -0.1) is 0 Å². The lowest BCUT2D eigenvalue weighted by atomic mass is 10.1. The van der Waals surface area contributed by atoms with Crippen LogP contribution in [0.1, 0.15) is 76.7 Å². The van der Waals surface area contributed by atoms with Crippen molar-refractivity contribution in [3.8, 4) is 0 Å². The Morgan fingerprint density at radius 2 is 1.67 bits per heavy atom. The second-order valence-corrected chi connectivity index (χ2v) is 6.88. The summed E-state index contributed by atoms with van der Waals surface area (Å²) >= 11 is 11.9. The molecule has 0 fully saturated rings. The van der Waals surface area contributed by atoms with E-state index in [2.05, 4.69) is 17.5 Å². The van der Waals surface area contributed by atoms with E-state index in [0.29, 0.717) is 16.5 Å². The maximum absolute atomic E-state index is 11.7. The minimum atomic E-state index is -0.0562. The molecular formula is C19H28Cl2N2O. The number of carbonyl (C=O) groups is 1. The van der Waals surface area contributed by atoms with Crippen LogP contribution < -0.4 is 5.43 Å². The summed E-state index contributed by atoms with van der Waals surface area (Å²) in [4.78, 5) is 11.7. The molecule has 0 atom stereocenters. The van der Waals surface area contributed by atoms with Gasteiger partial charge in [-0.2, -0.15) is 5.10 Å². The van der Waals surface area contributed by atoms with E-state index >= 15 is 0 Å². The number of benzene rings is 1. The topological polar surface area (TPSA) is 41.5 Å². The third kappa shape index (κ3) is 9.94. The number of amides is 1. The van der Waals surface area contributed by atoms with E-state index in [1.807, 2.05) is 0 Å². The predicted octanol–water partition coefficient (Wildman–Crippen LogP) is 6.36. The number of unbranched alkanes of at least 4 members (excludes halogenated alkanes) is 8. The lowest BCUT2D eigenvalue weighted by Crippen LogP contribution is -2.16. The number of hydrogen-bond donors (Lipinski definition) is 1. The summed E-state index contributed by atoms with van der Waals surface area (Å²) in [5.74, 6) is -0.0562. The summed E-state index contributed by atoms with van der Waals surface area (Å²) in [6.45, 7) is 2.24. The quantitative estimate of drug-likeness (QED) is 0.259. The number of hydrazone groups is 1. The second kappa shape index (κ2) is 13.3. The monoisotopic (exact) mass is 370 g/mol. The third-order valence-electron chi connectivity index (χ3n) is 3.86. The molecular weight excluding hydrogens is 343 g/mol. The number of rotatable bonds is 12. The lowest BCUT2D eigenvalue weighted by Gasteiger charge is -2.02. The molecule has 24 heavy (non-hydrogen) atoms. The average Bonchev–Trinajstić information content (AvgIpc) is 2.55. The lowest BCUT2D eigenvalue weighted by molar-refractivity contribution is -0.121. The van der Waals surface area contributed by atoms with Crippen LogP contribution in [0, 0.1) is 0 Å². The molecule has 134 valence electrons. The van der Waals surface area contributed by atoms with Crippen LogP contribution in [0.2, 0.25) is 10.0 Å². The van der Waals surface area contributed by atoms with Gasteiger partial charge in [0.1, 0.15) is 0 Å². The number of halogens is 2. The standard InChI is InChI=1S/C19H28Cl2N2O/c1-2-3-4-5-6-7-8-9-10-11-19(24)23-22-15-16-12-13-17(20)14-18(16)21/h12-15H,2-11H2,1H3,(H,23,24). The SMILES string of the molecule is CCCCCCCCCCCC(=O)NN=Cc1ccc(Cl)cc1Cl. The summed E-state index contributed by atoms with van der Waals surface area (Å²) in [5.41, 5.74) is 3.26. The summed E-state index contributed by atoms with van der Waals surface area (Å²) in [5, 5.41) is 5.03. The molecule has 0 aliphatic rings. The molecule has 1 rings (SSSR count). The first-order chi connectivity index (χ1) is 11.6. The zero-order chi connectivity index (χ0) is 17.6. The first-order valence-corrected chi connectivity index (χ1v) is 9.66. The van der Waals surface area contributed by atoms with Crippen LogP contribution in [-0.2, 0) is 4.79 Å². The zero-order valence-corrected chi connectivity index (χ0v) is 16.0. The van der Waals surface area contributed by atoms with Gasteiger partial charge < -0.3 is 0 Å². The molecule has 0 aliphatic heterocycles. The number of carbonyl (C=O) groups excluding carboxylic acids is 1. The molecule has 0 unspecified atom stereocenters. The highest BCUT2D eigenvalue weighted by Gasteiger charge is 2.01. The molecule has 0 aromatic heterocycles. The van der Waals surface area contributed by atoms with Gasteiger partial charge in [0.2, 0.25) is 5.91 Å². The predicted molar refractivity (Wildman–Crippen MR) is 104 cm³/mol. The Morgan fingerprint density at radius 3 is 2.29 bits per heavy atom. The molecule has 0 heterocycles. The molecule has 0 saturated heterocycles. The van der Waals surface area contributed by atoms with Crippen LogP contribution in [0.15, 0.2) is 23.3 Å². The van der Waals surface area contributed by atoms with Gasteiger partial charge in [-0.05, 0) is 18.6 Å². The minimum absolute atomic E-state index is 0.0562. The van der Waals surface area contributed by atoms with E-state index in [1.165, 1.54) is 51.2 Å². The van der Waals surface area contributed by atoms with Gasteiger partial charge in [-0.1, -0.05) is 87.6 Å². The van der Waals surface area contributed by atoms with Gasteiger partial charge in [0, 0.05) is 17.0 Å². The van der Waals surface area contributed by atoms with Gasteiger partial charge in [0.15, 0.2) is 0 Å². The van der Waals surface area contributed by atoms with Crippen LogP contribution >= 0.6 is 23.2 Å². The largest absolute Gasteiger partial charge is 0.273 e. The van der Waals surface area contributed by atoms with Crippen molar-refractivity contribution in [2.45, 2.75) is 71.1 Å². The van der Waals surface area contributed by atoms with Gasteiger partial charge in [-0.25, -0.2) is 5.43 Å². The van der Waals surface area contributed by atoms with Gasteiger partial charge in [0.25, 0.3) is 0 Å². The molecule has 0 aliphatic carbocycles. The highest BCUT2D eigenvalue weighted by Crippen LogP contribution is 2.19. The van der Waals surface area contributed by atoms with E-state index in [0.717, 1.165) is 18.4 Å². The summed E-state index contributed by atoms with van der Waals surface area (Å²) in [6, 6.07) is 5.15. The fraction of sp³-hybridized carbons (Fsp3) is 0.579. The van der Waals surface area contributed by atoms with Crippen LogP contribution in [0.4, 0.5) is 0 Å². The summed E-state index contributed by atoms with van der Waals surface area (Å²) < 4.78 is 0. The minimum Gasteiger partial charge on any atom is -0.273 e. The van der Waals surface area contributed by atoms with E-state index in [9.17, 15) is 4.79 Å². The number of hydrogen-bond acceptors (Lipinski definition) is 2.